The number of anilines is 2. The smallest absolute Gasteiger partial charge is 0.250 e. The Bertz CT molecular complexity index is 1220. The zero-order chi connectivity index (χ0) is 24.1. The zero-order valence-electron chi connectivity index (χ0n) is 18.7. The molecular weight excluding hydrogens is 489 g/mol. The molecule has 0 spiro atoms. The van der Waals surface area contributed by atoms with Gasteiger partial charge in [-0.2, -0.15) is 0 Å². The first-order valence-electron chi connectivity index (χ1n) is 11.1. The minimum Gasteiger partial charge on any atom is -0.457 e. The van der Waals surface area contributed by atoms with Crippen LogP contribution in [-0.2, 0) is 4.79 Å². The van der Waals surface area contributed by atoms with E-state index in [4.69, 9.17) is 39.8 Å². The number of nitrogens with zero attached hydrogens (tertiary/aromatic N) is 1. The summed E-state index contributed by atoms with van der Waals surface area (Å²) in [6.07, 6.45) is 5.27. The molecule has 1 aliphatic rings. The van der Waals surface area contributed by atoms with Gasteiger partial charge in [-0.1, -0.05) is 48.3 Å². The van der Waals surface area contributed by atoms with Crippen molar-refractivity contribution in [3.63, 3.8) is 0 Å². The van der Waals surface area contributed by atoms with E-state index in [-0.39, 0.29) is 11.0 Å². The van der Waals surface area contributed by atoms with Crippen molar-refractivity contribution in [3.05, 3.63) is 76.5 Å². The van der Waals surface area contributed by atoms with Crippen molar-refractivity contribution in [1.29, 1.82) is 0 Å². The Balaban J connectivity index is 1.36. The van der Waals surface area contributed by atoms with Crippen molar-refractivity contribution >= 4 is 63.9 Å². The molecule has 4 rings (SSSR count). The quantitative estimate of drug-likeness (QED) is 0.283. The lowest BCUT2D eigenvalue weighted by atomic mass is 9.98. The fraction of sp³-hybridized carbons (Fsp3) is 0.231. The van der Waals surface area contributed by atoms with Crippen LogP contribution in [-0.4, -0.2) is 24.1 Å². The van der Waals surface area contributed by atoms with Gasteiger partial charge in [0.05, 0.1) is 21.4 Å². The van der Waals surface area contributed by atoms with Crippen molar-refractivity contribution in [2.45, 2.75) is 19.8 Å². The SMILES string of the molecule is CC1CCN(c2ccccc2NC(=S)NC(=O)C=Cc2ccc(-c3cccc(Cl)c3Cl)o2)CC1. The maximum atomic E-state index is 12.4. The Morgan fingerprint density at radius 1 is 1.09 bits per heavy atom. The van der Waals surface area contributed by atoms with Crippen molar-refractivity contribution in [3.8, 4) is 11.3 Å². The van der Waals surface area contributed by atoms with E-state index in [2.05, 4.69) is 28.5 Å². The van der Waals surface area contributed by atoms with Gasteiger partial charge in [-0.3, -0.25) is 10.1 Å². The van der Waals surface area contributed by atoms with Crippen LogP contribution in [0.15, 0.2) is 65.1 Å². The number of carbonyl (C=O) groups excluding carboxylic acids is 1. The number of halogens is 2. The first-order chi connectivity index (χ1) is 16.4. The molecule has 2 aromatic carbocycles. The molecule has 1 saturated heterocycles. The Morgan fingerprint density at radius 3 is 2.65 bits per heavy atom. The topological polar surface area (TPSA) is 57.5 Å². The van der Waals surface area contributed by atoms with Crippen LogP contribution in [0.5, 0.6) is 0 Å². The predicted molar refractivity (Wildman–Crippen MR) is 145 cm³/mol. The summed E-state index contributed by atoms with van der Waals surface area (Å²) in [5.74, 6) is 1.45. The van der Waals surface area contributed by atoms with Crippen LogP contribution in [0, 0.1) is 5.92 Å². The van der Waals surface area contributed by atoms with Gasteiger partial charge < -0.3 is 14.6 Å². The summed E-state index contributed by atoms with van der Waals surface area (Å²) >= 11 is 17.7. The molecule has 0 aliphatic carbocycles. The van der Waals surface area contributed by atoms with Crippen LogP contribution in [0.2, 0.25) is 10.0 Å². The van der Waals surface area contributed by atoms with Crippen molar-refractivity contribution in [1.82, 2.24) is 5.32 Å². The number of thiocarbonyl (C=S) groups is 1. The van der Waals surface area contributed by atoms with Crippen molar-refractivity contribution in [2.24, 2.45) is 5.92 Å². The van der Waals surface area contributed by atoms with Gasteiger partial charge in [-0.05, 0) is 73.5 Å². The summed E-state index contributed by atoms with van der Waals surface area (Å²) in [5, 5.41) is 6.95. The Morgan fingerprint density at radius 2 is 1.85 bits per heavy atom. The Labute approximate surface area is 214 Å². The number of hydrogen-bond acceptors (Lipinski definition) is 4. The zero-order valence-corrected chi connectivity index (χ0v) is 21.0. The monoisotopic (exact) mass is 513 g/mol. The highest BCUT2D eigenvalue weighted by Crippen LogP contribution is 2.34. The van der Waals surface area contributed by atoms with E-state index in [1.54, 1.807) is 30.3 Å². The number of rotatable bonds is 5. The summed E-state index contributed by atoms with van der Waals surface area (Å²) in [4.78, 5) is 14.8. The second kappa shape index (κ2) is 11.1. The maximum absolute atomic E-state index is 12.4. The normalized spacial score (nSPS) is 14.4. The number of hydrogen-bond donors (Lipinski definition) is 2. The number of amides is 1. The molecule has 2 N–H and O–H groups in total. The molecule has 176 valence electrons. The van der Waals surface area contributed by atoms with Crippen LogP contribution in [0.25, 0.3) is 17.4 Å². The highest BCUT2D eigenvalue weighted by atomic mass is 35.5. The molecule has 0 bridgehead atoms. The number of furan rings is 1. The van der Waals surface area contributed by atoms with Crippen molar-refractivity contribution < 1.29 is 9.21 Å². The van der Waals surface area contributed by atoms with Gasteiger partial charge in [0.2, 0.25) is 5.91 Å². The predicted octanol–water partition coefficient (Wildman–Crippen LogP) is 7.02. The van der Waals surface area contributed by atoms with Crippen LogP contribution < -0.4 is 15.5 Å². The average Bonchev–Trinajstić information content (AvgIpc) is 3.29. The minimum atomic E-state index is -0.361. The molecule has 1 aromatic heterocycles. The molecule has 1 fully saturated rings. The maximum Gasteiger partial charge on any atom is 0.250 e. The van der Waals surface area contributed by atoms with E-state index in [1.165, 1.54) is 18.9 Å². The van der Waals surface area contributed by atoms with Gasteiger partial charge >= 0.3 is 0 Å². The lowest BCUT2D eigenvalue weighted by Crippen LogP contribution is -2.35. The van der Waals surface area contributed by atoms with E-state index in [1.807, 2.05) is 24.3 Å². The first kappa shape index (κ1) is 24.3. The molecule has 0 saturated carbocycles. The van der Waals surface area contributed by atoms with E-state index in [9.17, 15) is 4.79 Å². The van der Waals surface area contributed by atoms with Gasteiger partial charge in [-0.15, -0.1) is 0 Å². The molecule has 1 aliphatic heterocycles. The van der Waals surface area contributed by atoms with Gasteiger partial charge in [0, 0.05) is 24.7 Å². The first-order valence-corrected chi connectivity index (χ1v) is 12.3. The average molecular weight is 514 g/mol. The van der Waals surface area contributed by atoms with E-state index in [0.29, 0.717) is 27.1 Å². The highest BCUT2D eigenvalue weighted by molar-refractivity contribution is 7.80. The standard InChI is InChI=1S/C26H25Cl2N3O2S/c1-17-13-15-31(16-14-17)22-8-3-2-7-21(22)29-26(34)30-24(32)12-10-18-9-11-23(33-18)19-5-4-6-20(27)25(19)28/h2-12,17H,13-16H2,1H3,(H2,29,30,32,34). The summed E-state index contributed by atoms with van der Waals surface area (Å²) in [6.45, 7) is 4.30. The molecule has 1 amide bonds. The molecule has 0 radical (unpaired) electrons. The molecule has 3 aromatic rings. The van der Waals surface area contributed by atoms with E-state index >= 15 is 0 Å². The molecule has 0 unspecified atom stereocenters. The second-order valence-corrected chi connectivity index (χ2v) is 9.46. The van der Waals surface area contributed by atoms with Gasteiger partial charge in [0.25, 0.3) is 0 Å². The van der Waals surface area contributed by atoms with Gasteiger partial charge in [-0.25, -0.2) is 0 Å². The van der Waals surface area contributed by atoms with Gasteiger partial charge in [0.1, 0.15) is 11.5 Å². The highest BCUT2D eigenvalue weighted by Gasteiger charge is 2.18. The van der Waals surface area contributed by atoms with Crippen LogP contribution in [0.1, 0.15) is 25.5 Å². The van der Waals surface area contributed by atoms with E-state index in [0.717, 1.165) is 30.4 Å². The number of benzene rings is 2. The lowest BCUT2D eigenvalue weighted by molar-refractivity contribution is -0.115. The number of nitrogens with one attached hydrogen (secondary N) is 2. The van der Waals surface area contributed by atoms with Crippen LogP contribution in [0.3, 0.4) is 0 Å². The molecule has 34 heavy (non-hydrogen) atoms. The Kier molecular flexibility index (Phi) is 7.93. The number of piperidine rings is 1. The largest absolute Gasteiger partial charge is 0.457 e. The lowest BCUT2D eigenvalue weighted by Gasteiger charge is -2.33. The van der Waals surface area contributed by atoms with E-state index < -0.39 is 0 Å². The third-order valence-corrected chi connectivity index (χ3v) is 6.78. The second-order valence-electron chi connectivity index (χ2n) is 8.27. The molecule has 2 heterocycles. The molecule has 0 atom stereocenters. The summed E-state index contributed by atoms with van der Waals surface area (Å²) in [6, 6.07) is 16.9. The minimum absolute atomic E-state index is 0.235. The summed E-state index contributed by atoms with van der Waals surface area (Å²) < 4.78 is 5.78. The molecular formula is C26H25Cl2N3O2S. The number of carbonyl (C=O) groups is 1. The number of para-hydroxylation sites is 2. The summed E-state index contributed by atoms with van der Waals surface area (Å²) in [5.41, 5.74) is 2.65. The fourth-order valence-corrected chi connectivity index (χ4v) is 4.45. The van der Waals surface area contributed by atoms with Crippen LogP contribution >= 0.6 is 35.4 Å². The Hall–Kier alpha value is -2.80. The molecule has 5 nitrogen and oxygen atoms in total. The summed E-state index contributed by atoms with van der Waals surface area (Å²) in [7, 11) is 0. The van der Waals surface area contributed by atoms with Crippen molar-refractivity contribution in [2.75, 3.05) is 23.3 Å². The van der Waals surface area contributed by atoms with Gasteiger partial charge in [0.15, 0.2) is 5.11 Å². The third kappa shape index (κ3) is 6.00. The van der Waals surface area contributed by atoms with Crippen LogP contribution in [0.4, 0.5) is 11.4 Å². The fourth-order valence-electron chi connectivity index (χ4n) is 3.85. The molecule has 8 heteroatoms. The third-order valence-electron chi connectivity index (χ3n) is 5.76.